The number of hydrogen-bond donors (Lipinski definition) is 3. The summed E-state index contributed by atoms with van der Waals surface area (Å²) in [5.41, 5.74) is 0. The molecule has 0 heterocycles. The van der Waals surface area contributed by atoms with Crippen molar-refractivity contribution in [2.45, 2.75) is 59.4 Å². The Labute approximate surface area is 153 Å². The maximum absolute atomic E-state index is 11.3. The number of halogens is 1. The van der Waals surface area contributed by atoms with E-state index in [1.165, 1.54) is 19.3 Å². The molecule has 1 atom stereocenters. The molecule has 6 nitrogen and oxygen atoms in total. The van der Waals surface area contributed by atoms with Gasteiger partial charge in [-0.25, -0.2) is 13.1 Å². The van der Waals surface area contributed by atoms with Gasteiger partial charge in [0.25, 0.3) is 0 Å². The molecule has 0 aromatic rings. The van der Waals surface area contributed by atoms with E-state index in [4.69, 9.17) is 0 Å². The number of hydrogen-bond acceptors (Lipinski definition) is 3. The van der Waals surface area contributed by atoms with E-state index in [1.54, 1.807) is 6.92 Å². The van der Waals surface area contributed by atoms with E-state index >= 15 is 0 Å². The molecule has 0 saturated carbocycles. The van der Waals surface area contributed by atoms with Crippen LogP contribution < -0.4 is 15.4 Å². The third kappa shape index (κ3) is 13.6. The molecule has 0 rings (SSSR count). The minimum absolute atomic E-state index is 0. The zero-order valence-corrected chi connectivity index (χ0v) is 17.5. The number of nitrogens with zero attached hydrogens (tertiary/aromatic N) is 1. The zero-order chi connectivity index (χ0) is 16.1. The van der Waals surface area contributed by atoms with E-state index in [-0.39, 0.29) is 29.7 Å². The molecule has 3 N–H and O–H groups in total. The SMILES string of the molecule is CCCCCC(C)NC(=NCCNS(=O)(=O)CC)NCC.I. The van der Waals surface area contributed by atoms with E-state index in [9.17, 15) is 8.42 Å². The van der Waals surface area contributed by atoms with Gasteiger partial charge in [0.15, 0.2) is 5.96 Å². The summed E-state index contributed by atoms with van der Waals surface area (Å²) in [5, 5.41) is 6.53. The molecular formula is C14H33IN4O2S. The van der Waals surface area contributed by atoms with Crippen molar-refractivity contribution < 1.29 is 8.42 Å². The van der Waals surface area contributed by atoms with Gasteiger partial charge in [-0.2, -0.15) is 0 Å². The summed E-state index contributed by atoms with van der Waals surface area (Å²) in [6.45, 7) is 9.51. The lowest BCUT2D eigenvalue weighted by atomic mass is 10.1. The Hall–Kier alpha value is -0.0900. The second-order valence-corrected chi connectivity index (χ2v) is 7.20. The summed E-state index contributed by atoms with van der Waals surface area (Å²) < 4.78 is 25.1. The average molecular weight is 448 g/mol. The molecule has 0 aromatic carbocycles. The van der Waals surface area contributed by atoms with Crippen LogP contribution in [0.2, 0.25) is 0 Å². The smallest absolute Gasteiger partial charge is 0.211 e. The third-order valence-electron chi connectivity index (χ3n) is 3.05. The minimum Gasteiger partial charge on any atom is -0.357 e. The van der Waals surface area contributed by atoms with Gasteiger partial charge in [0.05, 0.1) is 12.3 Å². The average Bonchev–Trinajstić information content (AvgIpc) is 2.44. The van der Waals surface area contributed by atoms with E-state index in [0.717, 1.165) is 18.9 Å². The molecule has 0 aliphatic carbocycles. The third-order valence-corrected chi connectivity index (χ3v) is 4.46. The van der Waals surface area contributed by atoms with Crippen LogP contribution in [-0.2, 0) is 10.0 Å². The summed E-state index contributed by atoms with van der Waals surface area (Å²) in [6.07, 6.45) is 4.79. The molecule has 0 aliphatic rings. The van der Waals surface area contributed by atoms with Crippen molar-refractivity contribution >= 4 is 40.0 Å². The first-order chi connectivity index (χ1) is 9.95. The highest BCUT2D eigenvalue weighted by atomic mass is 127. The Morgan fingerprint density at radius 3 is 2.41 bits per heavy atom. The molecule has 0 bridgehead atoms. The van der Waals surface area contributed by atoms with Crippen molar-refractivity contribution in [1.29, 1.82) is 0 Å². The number of guanidine groups is 1. The van der Waals surface area contributed by atoms with Gasteiger partial charge >= 0.3 is 0 Å². The monoisotopic (exact) mass is 448 g/mol. The lowest BCUT2D eigenvalue weighted by Crippen LogP contribution is -2.42. The molecule has 0 radical (unpaired) electrons. The molecule has 8 heteroatoms. The van der Waals surface area contributed by atoms with Gasteiger partial charge in [-0.3, -0.25) is 4.99 Å². The predicted molar refractivity (Wildman–Crippen MR) is 106 cm³/mol. The Bertz CT molecular complexity index is 388. The maximum Gasteiger partial charge on any atom is 0.211 e. The van der Waals surface area contributed by atoms with E-state index < -0.39 is 10.0 Å². The van der Waals surface area contributed by atoms with Crippen LogP contribution in [0.15, 0.2) is 4.99 Å². The fourth-order valence-corrected chi connectivity index (χ4v) is 2.40. The maximum atomic E-state index is 11.3. The molecule has 0 aliphatic heterocycles. The van der Waals surface area contributed by atoms with E-state index in [1.807, 2.05) is 6.92 Å². The number of nitrogens with one attached hydrogen (secondary N) is 3. The quantitative estimate of drug-likeness (QED) is 0.196. The second-order valence-electron chi connectivity index (χ2n) is 5.10. The molecule has 22 heavy (non-hydrogen) atoms. The molecule has 0 aromatic heterocycles. The van der Waals surface area contributed by atoms with Gasteiger partial charge in [-0.05, 0) is 27.2 Å². The fraction of sp³-hybridized carbons (Fsp3) is 0.929. The van der Waals surface area contributed by atoms with Crippen LogP contribution in [0.1, 0.15) is 53.4 Å². The summed E-state index contributed by atoms with van der Waals surface area (Å²) in [7, 11) is -3.13. The van der Waals surface area contributed by atoms with Gasteiger partial charge in [-0.1, -0.05) is 26.2 Å². The number of unbranched alkanes of at least 4 members (excludes halogenated alkanes) is 2. The molecule has 0 saturated heterocycles. The first-order valence-electron chi connectivity index (χ1n) is 7.97. The van der Waals surface area contributed by atoms with Crippen LogP contribution in [0.5, 0.6) is 0 Å². The van der Waals surface area contributed by atoms with Crippen LogP contribution in [0.25, 0.3) is 0 Å². The van der Waals surface area contributed by atoms with Crippen molar-refractivity contribution in [3.63, 3.8) is 0 Å². The normalized spacial score (nSPS) is 13.4. The molecule has 1 unspecified atom stereocenters. The second kappa shape index (κ2) is 14.5. The highest BCUT2D eigenvalue weighted by Gasteiger charge is 2.06. The van der Waals surface area contributed by atoms with E-state index in [2.05, 4.69) is 34.2 Å². The molecule has 134 valence electrons. The first-order valence-corrected chi connectivity index (χ1v) is 9.62. The topological polar surface area (TPSA) is 82.6 Å². The standard InChI is InChI=1S/C14H32N4O2S.HI/c1-5-8-9-10-13(4)18-14(15-6-2)16-11-12-17-21(19,20)7-3;/h13,17H,5-12H2,1-4H3,(H2,15,16,18);1H. The number of rotatable bonds is 11. The summed E-state index contributed by atoms with van der Waals surface area (Å²) in [4.78, 5) is 4.39. The number of sulfonamides is 1. The van der Waals surface area contributed by atoms with E-state index in [0.29, 0.717) is 19.1 Å². The van der Waals surface area contributed by atoms with Crippen LogP contribution >= 0.6 is 24.0 Å². The highest BCUT2D eigenvalue weighted by molar-refractivity contribution is 14.0. The first kappa shape index (κ1) is 24.2. The van der Waals surface area contributed by atoms with Gasteiger partial charge in [0.2, 0.25) is 10.0 Å². The van der Waals surface area contributed by atoms with Crippen LogP contribution in [0.3, 0.4) is 0 Å². The van der Waals surface area contributed by atoms with Crippen molar-refractivity contribution in [3.8, 4) is 0 Å². The molecule has 0 fully saturated rings. The molecular weight excluding hydrogens is 415 g/mol. The van der Waals surface area contributed by atoms with Gasteiger partial charge in [0, 0.05) is 19.1 Å². The van der Waals surface area contributed by atoms with Gasteiger partial charge in [0.1, 0.15) is 0 Å². The van der Waals surface area contributed by atoms with Gasteiger partial charge in [-0.15, -0.1) is 24.0 Å². The summed E-state index contributed by atoms with van der Waals surface area (Å²) in [5.74, 6) is 0.848. The Morgan fingerprint density at radius 2 is 1.86 bits per heavy atom. The molecule has 0 spiro atoms. The summed E-state index contributed by atoms with van der Waals surface area (Å²) in [6, 6.07) is 0.363. The largest absolute Gasteiger partial charge is 0.357 e. The number of aliphatic imine (C=N–C) groups is 1. The predicted octanol–water partition coefficient (Wildman–Crippen LogP) is 2.07. The van der Waals surface area contributed by atoms with Crippen molar-refractivity contribution in [2.75, 3.05) is 25.4 Å². The zero-order valence-electron chi connectivity index (χ0n) is 14.3. The Morgan fingerprint density at radius 1 is 1.18 bits per heavy atom. The van der Waals surface area contributed by atoms with Crippen molar-refractivity contribution in [1.82, 2.24) is 15.4 Å². The summed E-state index contributed by atoms with van der Waals surface area (Å²) >= 11 is 0. The van der Waals surface area contributed by atoms with Crippen molar-refractivity contribution in [2.24, 2.45) is 4.99 Å². The lowest BCUT2D eigenvalue weighted by Gasteiger charge is -2.17. The Balaban J connectivity index is 0. The van der Waals surface area contributed by atoms with Crippen molar-refractivity contribution in [3.05, 3.63) is 0 Å². The van der Waals surface area contributed by atoms with Crippen LogP contribution in [0.4, 0.5) is 0 Å². The fourth-order valence-electron chi connectivity index (χ4n) is 1.80. The highest BCUT2D eigenvalue weighted by Crippen LogP contribution is 2.02. The minimum atomic E-state index is -3.13. The van der Waals surface area contributed by atoms with Crippen LogP contribution in [0, 0.1) is 0 Å². The Kier molecular flexibility index (Phi) is 15.9. The van der Waals surface area contributed by atoms with Gasteiger partial charge < -0.3 is 10.6 Å². The van der Waals surface area contributed by atoms with Crippen LogP contribution in [-0.4, -0.2) is 45.8 Å². The molecule has 0 amide bonds. The lowest BCUT2D eigenvalue weighted by molar-refractivity contribution is 0.546.